The van der Waals surface area contributed by atoms with Crippen LogP contribution in [0.5, 0.6) is 0 Å². The molecule has 3 fully saturated rings. The molecule has 28 heavy (non-hydrogen) atoms. The maximum absolute atomic E-state index is 14.7. The zero-order valence-corrected chi connectivity index (χ0v) is 18.3. The van der Waals surface area contributed by atoms with E-state index in [0.29, 0.717) is 13.0 Å². The van der Waals surface area contributed by atoms with Gasteiger partial charge in [-0.15, -0.1) is 0 Å². The maximum Gasteiger partial charge on any atom is 0.229 e. The van der Waals surface area contributed by atoms with Crippen LogP contribution in [-0.4, -0.2) is 77.5 Å². The zero-order valence-electron chi connectivity index (χ0n) is 18.3. The summed E-state index contributed by atoms with van der Waals surface area (Å²) in [6.45, 7) is 11.1. The van der Waals surface area contributed by atoms with E-state index in [1.807, 2.05) is 13.8 Å². The van der Waals surface area contributed by atoms with Crippen LogP contribution in [-0.2, 0) is 9.53 Å². The second kappa shape index (κ2) is 9.86. The summed E-state index contributed by atoms with van der Waals surface area (Å²) in [6, 6.07) is 0.370. The first-order valence-corrected chi connectivity index (χ1v) is 11.5. The van der Waals surface area contributed by atoms with Crippen molar-refractivity contribution >= 4 is 5.91 Å². The molecular weight excluding hydrogens is 357 g/mol. The lowest BCUT2D eigenvalue weighted by molar-refractivity contribution is -0.143. The van der Waals surface area contributed by atoms with Crippen LogP contribution >= 0.6 is 0 Å². The van der Waals surface area contributed by atoms with Crippen molar-refractivity contribution in [3.63, 3.8) is 0 Å². The van der Waals surface area contributed by atoms with Gasteiger partial charge in [-0.05, 0) is 47.0 Å². The first-order chi connectivity index (χ1) is 13.4. The van der Waals surface area contributed by atoms with Crippen molar-refractivity contribution in [1.82, 2.24) is 14.9 Å². The molecule has 3 aliphatic rings. The summed E-state index contributed by atoms with van der Waals surface area (Å²) < 4.78 is 20.4. The van der Waals surface area contributed by atoms with Gasteiger partial charge in [-0.3, -0.25) is 4.79 Å². The molecule has 1 amide bonds. The number of carbonyl (C=O) groups excluding carboxylic acids is 1. The number of alkyl halides is 1. The third-order valence-electron chi connectivity index (χ3n) is 6.86. The number of fused-ring (bicyclic) bond motifs is 1. The molecule has 0 radical (unpaired) electrons. The van der Waals surface area contributed by atoms with E-state index in [2.05, 4.69) is 23.9 Å². The molecule has 2 unspecified atom stereocenters. The second-order valence-electron chi connectivity index (χ2n) is 9.27. The van der Waals surface area contributed by atoms with E-state index >= 15 is 0 Å². The molecule has 3 aliphatic heterocycles. The van der Waals surface area contributed by atoms with Crippen molar-refractivity contribution in [2.75, 3.05) is 26.2 Å². The number of hydrazine groups is 1. The summed E-state index contributed by atoms with van der Waals surface area (Å²) in [5.74, 6) is 0.0588. The number of carbonyl (C=O) groups is 1. The number of rotatable bonds is 3. The van der Waals surface area contributed by atoms with Crippen LogP contribution in [0.2, 0.25) is 0 Å². The van der Waals surface area contributed by atoms with Crippen molar-refractivity contribution in [1.29, 1.82) is 0 Å². The molecule has 0 aromatic carbocycles. The highest BCUT2D eigenvalue weighted by Gasteiger charge is 2.48. The van der Waals surface area contributed by atoms with Gasteiger partial charge in [-0.1, -0.05) is 25.7 Å². The first kappa shape index (κ1) is 22.0. The van der Waals surface area contributed by atoms with Crippen LogP contribution in [0.3, 0.4) is 0 Å². The Balaban J connectivity index is 1.66. The smallest absolute Gasteiger partial charge is 0.229 e. The molecule has 0 aromatic heterocycles. The lowest BCUT2D eigenvalue weighted by atomic mass is 9.92. The molecule has 0 spiro atoms. The zero-order chi connectivity index (χ0) is 20.3. The SMILES string of the molecule is CC(C)O[C@H]1CCN(C(=O)C2C(C)N3CCCCCCCCN3C2C)C[C@H]1F. The fraction of sp³-hybridized carbons (Fsp3) is 0.955. The number of ether oxygens (including phenoxy) is 1. The standard InChI is InChI=1S/C22H40FN3O2/c1-16(2)28-20-11-14-24(15-19(20)23)22(27)21-17(3)25-12-9-7-5-6-8-10-13-26(25)18(21)4/h16-21H,5-15H2,1-4H3/t17?,18?,19-,20+,21?/m1/s1. The summed E-state index contributed by atoms with van der Waals surface area (Å²) in [6.07, 6.45) is 6.73. The molecule has 3 rings (SSSR count). The number of halogens is 1. The van der Waals surface area contributed by atoms with Gasteiger partial charge in [-0.2, -0.15) is 0 Å². The van der Waals surface area contributed by atoms with Crippen LogP contribution < -0.4 is 0 Å². The van der Waals surface area contributed by atoms with Crippen molar-refractivity contribution in [3.05, 3.63) is 0 Å². The van der Waals surface area contributed by atoms with Crippen molar-refractivity contribution in [2.24, 2.45) is 5.92 Å². The van der Waals surface area contributed by atoms with Crippen LogP contribution in [0.25, 0.3) is 0 Å². The summed E-state index contributed by atoms with van der Waals surface area (Å²) in [5.41, 5.74) is 0. The summed E-state index contributed by atoms with van der Waals surface area (Å²) in [4.78, 5) is 15.2. The van der Waals surface area contributed by atoms with Gasteiger partial charge >= 0.3 is 0 Å². The number of nitrogens with zero attached hydrogens (tertiary/aromatic N) is 3. The molecule has 4 atom stereocenters. The second-order valence-corrected chi connectivity index (χ2v) is 9.27. The topological polar surface area (TPSA) is 36.0 Å². The van der Waals surface area contributed by atoms with E-state index in [9.17, 15) is 9.18 Å². The van der Waals surface area contributed by atoms with E-state index in [1.165, 1.54) is 38.5 Å². The minimum Gasteiger partial charge on any atom is -0.372 e. The van der Waals surface area contributed by atoms with Crippen molar-refractivity contribution in [3.8, 4) is 0 Å². The molecule has 3 saturated heterocycles. The number of amides is 1. The van der Waals surface area contributed by atoms with E-state index in [4.69, 9.17) is 4.74 Å². The van der Waals surface area contributed by atoms with E-state index in [1.54, 1.807) is 4.90 Å². The molecule has 3 heterocycles. The number of hydrogen-bond acceptors (Lipinski definition) is 4. The third kappa shape index (κ3) is 4.88. The predicted molar refractivity (Wildman–Crippen MR) is 110 cm³/mol. The van der Waals surface area contributed by atoms with Crippen LogP contribution in [0.4, 0.5) is 4.39 Å². The van der Waals surface area contributed by atoms with Crippen LogP contribution in [0, 0.1) is 5.92 Å². The monoisotopic (exact) mass is 397 g/mol. The molecular formula is C22H40FN3O2. The minimum atomic E-state index is -1.09. The van der Waals surface area contributed by atoms with Crippen LogP contribution in [0.15, 0.2) is 0 Å². The maximum atomic E-state index is 14.7. The average molecular weight is 398 g/mol. The van der Waals surface area contributed by atoms with Crippen LogP contribution in [0.1, 0.15) is 72.6 Å². The average Bonchev–Trinajstić information content (AvgIpc) is 2.89. The lowest BCUT2D eigenvalue weighted by Gasteiger charge is -2.37. The fourth-order valence-electron chi connectivity index (χ4n) is 5.37. The molecule has 0 aromatic rings. The Kier molecular flexibility index (Phi) is 7.74. The Morgan fingerprint density at radius 2 is 1.46 bits per heavy atom. The molecule has 0 bridgehead atoms. The summed E-state index contributed by atoms with van der Waals surface area (Å²) >= 11 is 0. The van der Waals surface area contributed by atoms with Crippen molar-refractivity contribution < 1.29 is 13.9 Å². The van der Waals surface area contributed by atoms with E-state index in [0.717, 1.165) is 13.1 Å². The normalized spacial score (nSPS) is 36.5. The first-order valence-electron chi connectivity index (χ1n) is 11.5. The van der Waals surface area contributed by atoms with Gasteiger partial charge in [-0.25, -0.2) is 14.4 Å². The minimum absolute atomic E-state index is 0.0186. The molecule has 0 saturated carbocycles. The van der Waals surface area contributed by atoms with Gasteiger partial charge in [0.1, 0.15) is 6.17 Å². The number of likely N-dealkylation sites (tertiary alicyclic amines) is 1. The Bertz CT molecular complexity index is 496. The highest BCUT2D eigenvalue weighted by molar-refractivity contribution is 5.80. The van der Waals surface area contributed by atoms with E-state index < -0.39 is 6.17 Å². The summed E-state index contributed by atoms with van der Waals surface area (Å²) in [5, 5.41) is 4.89. The highest BCUT2D eigenvalue weighted by Crippen LogP contribution is 2.34. The Morgan fingerprint density at radius 3 is 1.96 bits per heavy atom. The van der Waals surface area contributed by atoms with Gasteiger partial charge in [0, 0.05) is 31.7 Å². The van der Waals surface area contributed by atoms with E-state index in [-0.39, 0.29) is 42.7 Å². The lowest BCUT2D eigenvalue weighted by Crippen LogP contribution is -2.52. The Hall–Kier alpha value is -0.720. The Labute approximate surface area is 170 Å². The molecule has 0 aliphatic carbocycles. The van der Waals surface area contributed by atoms with Crippen molar-refractivity contribution in [2.45, 2.75) is 103 Å². The molecule has 5 nitrogen and oxygen atoms in total. The number of hydrogen-bond donors (Lipinski definition) is 0. The third-order valence-corrected chi connectivity index (χ3v) is 6.86. The summed E-state index contributed by atoms with van der Waals surface area (Å²) in [7, 11) is 0. The van der Waals surface area contributed by atoms with Gasteiger partial charge in [0.2, 0.25) is 5.91 Å². The highest BCUT2D eigenvalue weighted by atomic mass is 19.1. The fourth-order valence-corrected chi connectivity index (χ4v) is 5.37. The molecule has 6 heteroatoms. The van der Waals surface area contributed by atoms with Gasteiger partial charge in [0.25, 0.3) is 0 Å². The predicted octanol–water partition coefficient (Wildman–Crippen LogP) is 3.63. The van der Waals surface area contributed by atoms with Gasteiger partial charge < -0.3 is 9.64 Å². The quantitative estimate of drug-likeness (QED) is 0.729. The molecule has 162 valence electrons. The van der Waals surface area contributed by atoms with Gasteiger partial charge in [0.15, 0.2) is 0 Å². The van der Waals surface area contributed by atoms with Gasteiger partial charge in [0.05, 0.1) is 24.7 Å². The Morgan fingerprint density at radius 1 is 0.929 bits per heavy atom. The molecule has 0 N–H and O–H groups in total. The largest absolute Gasteiger partial charge is 0.372 e. The number of piperidine rings is 1.